The quantitative estimate of drug-likeness (QED) is 0.857. The number of hydrogen-bond donors (Lipinski definition) is 1. The van der Waals surface area contributed by atoms with Gasteiger partial charge in [-0.2, -0.15) is 5.10 Å². The fraction of sp³-hybridized carbons (Fsp3) is 0.500. The number of aromatic nitrogens is 2. The van der Waals surface area contributed by atoms with Crippen molar-refractivity contribution >= 4 is 11.6 Å². The number of likely N-dealkylation sites (N-methyl/N-ethyl adjacent to an activating group) is 1. The van der Waals surface area contributed by atoms with Crippen LogP contribution in [0, 0.1) is 0 Å². The van der Waals surface area contributed by atoms with Crippen LogP contribution in [0.1, 0.15) is 23.1 Å². The molecule has 0 fully saturated rings. The van der Waals surface area contributed by atoms with Gasteiger partial charge >= 0.3 is 0 Å². The lowest BCUT2D eigenvalue weighted by Gasteiger charge is -2.27. The first-order valence-electron chi connectivity index (χ1n) is 8.69. The molecule has 0 radical (unpaired) electrons. The second kappa shape index (κ2) is 7.08. The molecular formula is C18H23ClN4O3. The van der Waals surface area contributed by atoms with Gasteiger partial charge in [-0.3, -0.25) is 9.58 Å². The Balaban J connectivity index is 1.46. The van der Waals surface area contributed by atoms with Gasteiger partial charge in [0, 0.05) is 37.3 Å². The van der Waals surface area contributed by atoms with Gasteiger partial charge in [-0.1, -0.05) is 11.6 Å². The van der Waals surface area contributed by atoms with Crippen LogP contribution in [0.15, 0.2) is 18.2 Å². The van der Waals surface area contributed by atoms with E-state index in [1.165, 1.54) is 0 Å². The van der Waals surface area contributed by atoms with Crippen LogP contribution in [-0.4, -0.2) is 58.7 Å². The van der Waals surface area contributed by atoms with Crippen LogP contribution in [0.2, 0.25) is 5.02 Å². The topological polar surface area (TPSA) is 63.0 Å². The number of nitrogens with zero attached hydrogens (tertiary/aromatic N) is 4. The lowest BCUT2D eigenvalue weighted by atomic mass is 10.1. The molecule has 0 saturated carbocycles. The fourth-order valence-electron chi connectivity index (χ4n) is 3.40. The molecule has 0 unspecified atom stereocenters. The molecule has 1 aromatic heterocycles. The molecule has 2 aromatic rings. The van der Waals surface area contributed by atoms with Gasteiger partial charge in [-0.25, -0.2) is 0 Å². The summed E-state index contributed by atoms with van der Waals surface area (Å²) in [6.07, 6.45) is -0.570. The van der Waals surface area contributed by atoms with E-state index in [1.54, 1.807) is 0 Å². The van der Waals surface area contributed by atoms with E-state index < -0.39 is 6.10 Å². The van der Waals surface area contributed by atoms with Crippen molar-refractivity contribution in [1.82, 2.24) is 19.6 Å². The molecule has 0 bridgehead atoms. The van der Waals surface area contributed by atoms with Gasteiger partial charge in [0.2, 0.25) is 6.79 Å². The van der Waals surface area contributed by atoms with Crippen molar-refractivity contribution in [2.75, 3.05) is 34.0 Å². The maximum absolute atomic E-state index is 10.3. The maximum atomic E-state index is 10.3. The minimum Gasteiger partial charge on any atom is -0.454 e. The van der Waals surface area contributed by atoms with Crippen LogP contribution >= 0.6 is 11.6 Å². The summed E-state index contributed by atoms with van der Waals surface area (Å²) < 4.78 is 12.8. The monoisotopic (exact) mass is 378 g/mol. The minimum absolute atomic E-state index is 0.246. The number of benzene rings is 1. The Morgan fingerprint density at radius 2 is 2.00 bits per heavy atom. The van der Waals surface area contributed by atoms with Crippen LogP contribution in [0.5, 0.6) is 11.5 Å². The second-order valence-electron chi connectivity index (χ2n) is 7.07. The number of hydrogen-bond acceptors (Lipinski definition) is 6. The highest BCUT2D eigenvalue weighted by molar-refractivity contribution is 6.31. The summed E-state index contributed by atoms with van der Waals surface area (Å²) in [7, 11) is 3.88. The zero-order valence-corrected chi connectivity index (χ0v) is 15.7. The Morgan fingerprint density at radius 3 is 2.77 bits per heavy atom. The van der Waals surface area contributed by atoms with E-state index in [1.807, 2.05) is 41.9 Å². The summed E-state index contributed by atoms with van der Waals surface area (Å²) in [5.41, 5.74) is 2.87. The molecule has 1 N–H and O–H groups in total. The number of rotatable bonds is 5. The highest BCUT2D eigenvalue weighted by Gasteiger charge is 2.23. The molecule has 2 aliphatic rings. The number of halogens is 1. The first-order chi connectivity index (χ1) is 12.5. The summed E-state index contributed by atoms with van der Waals surface area (Å²) in [6.45, 7) is 3.99. The smallest absolute Gasteiger partial charge is 0.231 e. The Bertz CT molecular complexity index is 808. The zero-order valence-electron chi connectivity index (χ0n) is 15.0. The molecule has 0 amide bonds. The molecule has 26 heavy (non-hydrogen) atoms. The maximum Gasteiger partial charge on any atom is 0.231 e. The van der Waals surface area contributed by atoms with Gasteiger partial charge in [0.25, 0.3) is 0 Å². The highest BCUT2D eigenvalue weighted by Crippen LogP contribution is 2.37. The van der Waals surface area contributed by atoms with Crippen molar-refractivity contribution in [2.24, 2.45) is 0 Å². The lowest BCUT2D eigenvalue weighted by molar-refractivity contribution is 0.133. The predicted octanol–water partition coefficient (Wildman–Crippen LogP) is 1.88. The second-order valence-corrected chi connectivity index (χ2v) is 7.48. The SMILES string of the molecule is CN(C)C[C@@H](O)c1cc2n(n1)CCN(Cc1cc3c(cc1Cl)OCO3)C2. The van der Waals surface area contributed by atoms with Crippen molar-refractivity contribution in [1.29, 1.82) is 0 Å². The number of fused-ring (bicyclic) bond motifs is 2. The lowest BCUT2D eigenvalue weighted by Crippen LogP contribution is -2.33. The summed E-state index contributed by atoms with van der Waals surface area (Å²) in [5.74, 6) is 1.45. The Morgan fingerprint density at radius 1 is 1.23 bits per heavy atom. The molecule has 1 atom stereocenters. The third kappa shape index (κ3) is 3.53. The van der Waals surface area contributed by atoms with E-state index in [9.17, 15) is 5.11 Å². The number of aliphatic hydroxyl groups excluding tert-OH is 1. The van der Waals surface area contributed by atoms with Gasteiger partial charge in [-0.05, 0) is 31.8 Å². The molecule has 8 heteroatoms. The highest BCUT2D eigenvalue weighted by atomic mass is 35.5. The fourth-order valence-corrected chi connectivity index (χ4v) is 3.61. The minimum atomic E-state index is -0.570. The average molecular weight is 379 g/mol. The average Bonchev–Trinajstić information content (AvgIpc) is 3.20. The third-order valence-electron chi connectivity index (χ3n) is 4.71. The molecule has 1 aromatic carbocycles. The summed E-state index contributed by atoms with van der Waals surface area (Å²) in [4.78, 5) is 4.28. The number of ether oxygens (including phenoxy) is 2. The molecule has 3 heterocycles. The van der Waals surface area contributed by atoms with Gasteiger partial charge in [-0.15, -0.1) is 0 Å². The van der Waals surface area contributed by atoms with Gasteiger partial charge in [0.05, 0.1) is 17.9 Å². The van der Waals surface area contributed by atoms with Crippen molar-refractivity contribution in [3.63, 3.8) is 0 Å². The van der Waals surface area contributed by atoms with Crippen LogP contribution in [-0.2, 0) is 19.6 Å². The van der Waals surface area contributed by atoms with E-state index in [-0.39, 0.29) is 6.79 Å². The third-order valence-corrected chi connectivity index (χ3v) is 5.06. The first-order valence-corrected chi connectivity index (χ1v) is 9.07. The summed E-state index contributed by atoms with van der Waals surface area (Å²) in [5, 5.41) is 15.5. The molecule has 7 nitrogen and oxygen atoms in total. The van der Waals surface area contributed by atoms with Gasteiger partial charge in [0.1, 0.15) is 6.10 Å². The molecule has 140 valence electrons. The van der Waals surface area contributed by atoms with Crippen molar-refractivity contribution in [2.45, 2.75) is 25.7 Å². The summed E-state index contributed by atoms with van der Waals surface area (Å²) in [6, 6.07) is 5.79. The largest absolute Gasteiger partial charge is 0.454 e. The van der Waals surface area contributed by atoms with E-state index >= 15 is 0 Å². The standard InChI is InChI=1S/C18H23ClN4O3/c1-21(2)10-16(24)15-6-13-9-22(3-4-23(13)20-15)8-12-5-17-18(7-14(12)19)26-11-25-17/h5-7,16,24H,3-4,8-11H2,1-2H3/t16-/m1/s1. The van der Waals surface area contributed by atoms with Gasteiger partial charge in [0.15, 0.2) is 11.5 Å². The summed E-state index contributed by atoms with van der Waals surface area (Å²) >= 11 is 6.40. The van der Waals surface area contributed by atoms with Gasteiger partial charge < -0.3 is 19.5 Å². The molecule has 2 aliphatic heterocycles. The molecule has 4 rings (SSSR count). The first kappa shape index (κ1) is 17.6. The van der Waals surface area contributed by atoms with Crippen molar-refractivity contribution < 1.29 is 14.6 Å². The zero-order chi connectivity index (χ0) is 18.3. The van der Waals surface area contributed by atoms with E-state index in [0.717, 1.165) is 48.9 Å². The van der Waals surface area contributed by atoms with E-state index in [0.29, 0.717) is 17.3 Å². The predicted molar refractivity (Wildman–Crippen MR) is 97.4 cm³/mol. The van der Waals surface area contributed by atoms with E-state index in [2.05, 4.69) is 10.00 Å². The normalized spacial score (nSPS) is 17.6. The van der Waals surface area contributed by atoms with Crippen LogP contribution in [0.3, 0.4) is 0 Å². The molecule has 0 spiro atoms. The van der Waals surface area contributed by atoms with Crippen LogP contribution < -0.4 is 9.47 Å². The van der Waals surface area contributed by atoms with Crippen molar-refractivity contribution in [3.05, 3.63) is 40.2 Å². The Hall–Kier alpha value is -1.80. The number of aliphatic hydroxyl groups is 1. The van der Waals surface area contributed by atoms with E-state index in [4.69, 9.17) is 21.1 Å². The Labute approximate surface area is 157 Å². The molecular weight excluding hydrogens is 356 g/mol. The molecule has 0 saturated heterocycles. The van der Waals surface area contributed by atoms with Crippen LogP contribution in [0.25, 0.3) is 0 Å². The van der Waals surface area contributed by atoms with Crippen LogP contribution in [0.4, 0.5) is 0 Å². The Kier molecular flexibility index (Phi) is 4.79. The molecule has 0 aliphatic carbocycles. The van der Waals surface area contributed by atoms with Crippen molar-refractivity contribution in [3.8, 4) is 11.5 Å².